The third-order valence-corrected chi connectivity index (χ3v) is 4.92. The van der Waals surface area contributed by atoms with E-state index in [-0.39, 0.29) is 11.7 Å². The van der Waals surface area contributed by atoms with Gasteiger partial charge in [-0.05, 0) is 35.4 Å². The number of rotatable bonds is 4. The Morgan fingerprint density at radius 3 is 2.79 bits per heavy atom. The summed E-state index contributed by atoms with van der Waals surface area (Å²) < 4.78 is 11.6. The first-order valence-electron chi connectivity index (χ1n) is 9.29. The molecular formula is C21H22ClN3O3. The van der Waals surface area contributed by atoms with Gasteiger partial charge in [0.15, 0.2) is 11.5 Å². The van der Waals surface area contributed by atoms with E-state index in [1.165, 1.54) is 0 Å². The molecule has 1 aromatic heterocycles. The average Bonchev–Trinajstić information content (AvgIpc) is 3.02. The van der Waals surface area contributed by atoms with E-state index >= 15 is 0 Å². The van der Waals surface area contributed by atoms with Gasteiger partial charge in [0, 0.05) is 29.6 Å². The van der Waals surface area contributed by atoms with Crippen molar-refractivity contribution in [3.8, 4) is 22.6 Å². The molecular weight excluding hydrogens is 378 g/mol. The molecule has 2 heterocycles. The summed E-state index contributed by atoms with van der Waals surface area (Å²) in [5.41, 5.74) is 2.75. The van der Waals surface area contributed by atoms with E-state index < -0.39 is 0 Å². The Hall–Kier alpha value is -2.57. The second kappa shape index (κ2) is 7.81. The second-order valence-corrected chi connectivity index (χ2v) is 7.68. The predicted molar refractivity (Wildman–Crippen MR) is 107 cm³/mol. The van der Waals surface area contributed by atoms with Crippen LogP contribution in [0.2, 0.25) is 5.02 Å². The molecule has 0 amide bonds. The zero-order valence-electron chi connectivity index (χ0n) is 15.9. The summed E-state index contributed by atoms with van der Waals surface area (Å²) in [6, 6.07) is 11.3. The van der Waals surface area contributed by atoms with Gasteiger partial charge in [-0.2, -0.15) is 0 Å². The van der Waals surface area contributed by atoms with Crippen molar-refractivity contribution in [1.82, 2.24) is 15.1 Å². The van der Waals surface area contributed by atoms with E-state index in [2.05, 4.69) is 15.1 Å². The number of phenols is 1. The quantitative estimate of drug-likeness (QED) is 0.690. The summed E-state index contributed by atoms with van der Waals surface area (Å²) in [7, 11) is 0. The van der Waals surface area contributed by atoms with Crippen LogP contribution in [-0.2, 0) is 13.1 Å². The number of fused-ring (bicyclic) bond motifs is 1. The standard InChI is InChI=1S/C21H22ClN3O3/c1-13(2)21-24-23-19(28-21)12-25-6-7-27-20-16(11-25)8-15(10-18(20)26)14-4-3-5-17(22)9-14/h3-5,8-10,13,26H,6-7,11-12H2,1-2H3. The lowest BCUT2D eigenvalue weighted by Gasteiger charge is -2.17. The molecule has 0 fully saturated rings. The number of hydrogen-bond donors (Lipinski definition) is 1. The van der Waals surface area contributed by atoms with Crippen molar-refractivity contribution in [3.05, 3.63) is 58.8 Å². The van der Waals surface area contributed by atoms with Gasteiger partial charge in [-0.15, -0.1) is 10.2 Å². The first-order valence-corrected chi connectivity index (χ1v) is 9.66. The molecule has 28 heavy (non-hydrogen) atoms. The summed E-state index contributed by atoms with van der Waals surface area (Å²) in [4.78, 5) is 2.17. The topological polar surface area (TPSA) is 71.6 Å². The van der Waals surface area contributed by atoms with Crippen molar-refractivity contribution in [2.45, 2.75) is 32.9 Å². The van der Waals surface area contributed by atoms with Crippen LogP contribution in [0.5, 0.6) is 11.5 Å². The molecule has 2 aromatic carbocycles. The van der Waals surface area contributed by atoms with Gasteiger partial charge >= 0.3 is 0 Å². The van der Waals surface area contributed by atoms with E-state index in [1.54, 1.807) is 6.07 Å². The van der Waals surface area contributed by atoms with E-state index in [4.69, 9.17) is 20.8 Å². The fourth-order valence-corrected chi connectivity index (χ4v) is 3.47. The molecule has 7 heteroatoms. The lowest BCUT2D eigenvalue weighted by atomic mass is 10.0. The Kier molecular flexibility index (Phi) is 5.24. The minimum Gasteiger partial charge on any atom is -0.504 e. The molecule has 1 N–H and O–H groups in total. The average molecular weight is 400 g/mol. The summed E-state index contributed by atoms with van der Waals surface area (Å²) >= 11 is 6.12. The summed E-state index contributed by atoms with van der Waals surface area (Å²) in [5, 5.41) is 19.4. The van der Waals surface area contributed by atoms with E-state index in [0.29, 0.717) is 48.8 Å². The minimum atomic E-state index is 0.134. The van der Waals surface area contributed by atoms with Crippen LogP contribution in [0.15, 0.2) is 40.8 Å². The SMILES string of the molecule is CC(C)c1nnc(CN2CCOc3c(O)cc(-c4cccc(Cl)c4)cc3C2)o1. The smallest absolute Gasteiger partial charge is 0.230 e. The first kappa shape index (κ1) is 18.8. The van der Waals surface area contributed by atoms with Gasteiger partial charge in [0.25, 0.3) is 0 Å². The highest BCUT2D eigenvalue weighted by Crippen LogP contribution is 2.38. The van der Waals surface area contributed by atoms with Crippen LogP contribution in [0.25, 0.3) is 11.1 Å². The Morgan fingerprint density at radius 2 is 2.04 bits per heavy atom. The summed E-state index contributed by atoms with van der Waals surface area (Å²) in [5.74, 6) is 2.09. The van der Waals surface area contributed by atoms with E-state index in [9.17, 15) is 5.11 Å². The lowest BCUT2D eigenvalue weighted by molar-refractivity contribution is 0.200. The normalized spacial score (nSPS) is 14.6. The van der Waals surface area contributed by atoms with Gasteiger partial charge in [0.05, 0.1) is 6.54 Å². The maximum atomic E-state index is 10.5. The number of benzene rings is 2. The lowest BCUT2D eigenvalue weighted by Crippen LogP contribution is -2.25. The van der Waals surface area contributed by atoms with Crippen LogP contribution in [0, 0.1) is 0 Å². The summed E-state index contributed by atoms with van der Waals surface area (Å²) in [6.45, 7) is 6.35. The highest BCUT2D eigenvalue weighted by molar-refractivity contribution is 6.30. The van der Waals surface area contributed by atoms with Crippen molar-refractivity contribution in [1.29, 1.82) is 0 Å². The van der Waals surface area contributed by atoms with Crippen molar-refractivity contribution in [2.24, 2.45) is 0 Å². The molecule has 0 unspecified atom stereocenters. The number of halogens is 1. The van der Waals surface area contributed by atoms with Gasteiger partial charge in [0.2, 0.25) is 11.8 Å². The number of ether oxygens (including phenoxy) is 1. The van der Waals surface area contributed by atoms with Gasteiger partial charge in [0.1, 0.15) is 6.61 Å². The second-order valence-electron chi connectivity index (χ2n) is 7.24. The third-order valence-electron chi connectivity index (χ3n) is 4.69. The van der Waals surface area contributed by atoms with Gasteiger partial charge in [-0.25, -0.2) is 0 Å². The Bertz CT molecular complexity index is 987. The van der Waals surface area contributed by atoms with Gasteiger partial charge in [-0.3, -0.25) is 4.90 Å². The fourth-order valence-electron chi connectivity index (χ4n) is 3.28. The number of aromatic nitrogens is 2. The minimum absolute atomic E-state index is 0.134. The largest absolute Gasteiger partial charge is 0.504 e. The van der Waals surface area contributed by atoms with Crippen molar-refractivity contribution >= 4 is 11.6 Å². The Labute approximate surface area is 168 Å². The number of phenolic OH excluding ortho intramolecular Hbond substituents is 1. The number of nitrogens with zero attached hydrogens (tertiary/aromatic N) is 3. The molecule has 6 nitrogen and oxygen atoms in total. The molecule has 0 saturated carbocycles. The van der Waals surface area contributed by atoms with Gasteiger partial charge < -0.3 is 14.3 Å². The highest BCUT2D eigenvalue weighted by atomic mass is 35.5. The maximum Gasteiger partial charge on any atom is 0.230 e. The van der Waals surface area contributed by atoms with Crippen LogP contribution in [-0.4, -0.2) is 33.4 Å². The molecule has 0 spiro atoms. The molecule has 1 aliphatic rings. The molecule has 3 aromatic rings. The molecule has 0 aliphatic carbocycles. The Balaban J connectivity index is 1.60. The third kappa shape index (κ3) is 3.98. The van der Waals surface area contributed by atoms with E-state index in [0.717, 1.165) is 16.7 Å². The fraction of sp³-hybridized carbons (Fsp3) is 0.333. The van der Waals surface area contributed by atoms with Crippen LogP contribution >= 0.6 is 11.6 Å². The molecule has 1 aliphatic heterocycles. The van der Waals surface area contributed by atoms with Crippen molar-refractivity contribution < 1.29 is 14.3 Å². The number of hydrogen-bond acceptors (Lipinski definition) is 6. The maximum absolute atomic E-state index is 10.5. The van der Waals surface area contributed by atoms with Crippen LogP contribution in [0.1, 0.15) is 37.1 Å². The van der Waals surface area contributed by atoms with Crippen LogP contribution < -0.4 is 4.74 Å². The Morgan fingerprint density at radius 1 is 1.18 bits per heavy atom. The molecule has 0 bridgehead atoms. The molecule has 0 atom stereocenters. The number of aromatic hydroxyl groups is 1. The zero-order chi connectivity index (χ0) is 19.7. The molecule has 4 rings (SSSR count). The van der Waals surface area contributed by atoms with E-state index in [1.807, 2.05) is 44.2 Å². The molecule has 0 radical (unpaired) electrons. The van der Waals surface area contributed by atoms with Crippen LogP contribution in [0.4, 0.5) is 0 Å². The van der Waals surface area contributed by atoms with Gasteiger partial charge in [-0.1, -0.05) is 37.6 Å². The van der Waals surface area contributed by atoms with Crippen LogP contribution in [0.3, 0.4) is 0 Å². The first-order chi connectivity index (χ1) is 13.5. The summed E-state index contributed by atoms with van der Waals surface area (Å²) in [6.07, 6.45) is 0. The zero-order valence-corrected chi connectivity index (χ0v) is 16.6. The predicted octanol–water partition coefficient (Wildman–Crippen LogP) is 4.61. The molecule has 0 saturated heterocycles. The van der Waals surface area contributed by atoms with Crippen molar-refractivity contribution in [3.63, 3.8) is 0 Å². The monoisotopic (exact) mass is 399 g/mol. The molecule has 146 valence electrons. The van der Waals surface area contributed by atoms with Crippen molar-refractivity contribution in [2.75, 3.05) is 13.2 Å². The highest BCUT2D eigenvalue weighted by Gasteiger charge is 2.22.